The molecule has 0 aliphatic heterocycles. The SMILES string of the molecule is CCCO[C@](C)(CC(C)C)C(=O)Nc1cc(C)c(O[C@H](C)CC)c(C)c1. The zero-order chi connectivity index (χ0) is 19.9. The number of anilines is 1. The van der Waals surface area contributed by atoms with E-state index in [0.29, 0.717) is 18.9 Å². The van der Waals surface area contributed by atoms with Gasteiger partial charge in [-0.15, -0.1) is 0 Å². The summed E-state index contributed by atoms with van der Waals surface area (Å²) < 4.78 is 12.0. The van der Waals surface area contributed by atoms with E-state index >= 15 is 0 Å². The predicted molar refractivity (Wildman–Crippen MR) is 109 cm³/mol. The molecule has 26 heavy (non-hydrogen) atoms. The van der Waals surface area contributed by atoms with Gasteiger partial charge >= 0.3 is 0 Å². The molecule has 0 heterocycles. The minimum Gasteiger partial charge on any atom is -0.490 e. The molecule has 2 atom stereocenters. The van der Waals surface area contributed by atoms with Crippen molar-refractivity contribution in [3.8, 4) is 5.75 Å². The Morgan fingerprint density at radius 1 is 1.15 bits per heavy atom. The van der Waals surface area contributed by atoms with Crippen LogP contribution in [-0.2, 0) is 9.53 Å². The van der Waals surface area contributed by atoms with Crippen molar-refractivity contribution in [3.63, 3.8) is 0 Å². The Kier molecular flexibility index (Phi) is 8.61. The first-order valence-electron chi connectivity index (χ1n) is 9.86. The molecule has 0 unspecified atom stereocenters. The third kappa shape index (κ3) is 6.31. The molecule has 4 heteroatoms. The number of nitrogens with one attached hydrogen (secondary N) is 1. The molecule has 0 fully saturated rings. The lowest BCUT2D eigenvalue weighted by atomic mass is 9.92. The predicted octanol–water partition coefficient (Wildman–Crippen LogP) is 5.65. The molecule has 0 saturated carbocycles. The topological polar surface area (TPSA) is 47.6 Å². The Morgan fingerprint density at radius 2 is 1.73 bits per heavy atom. The van der Waals surface area contributed by atoms with Crippen molar-refractivity contribution < 1.29 is 14.3 Å². The molecular formula is C22H37NO3. The average molecular weight is 364 g/mol. The number of rotatable bonds is 10. The zero-order valence-electron chi connectivity index (χ0n) is 17.9. The normalized spacial score (nSPS) is 14.8. The maximum atomic E-state index is 12.9. The second kappa shape index (κ2) is 9.96. The smallest absolute Gasteiger partial charge is 0.256 e. The molecule has 0 aliphatic rings. The van der Waals surface area contributed by atoms with Crippen molar-refractivity contribution in [2.75, 3.05) is 11.9 Å². The van der Waals surface area contributed by atoms with Crippen LogP contribution < -0.4 is 10.1 Å². The Bertz CT molecular complexity index is 574. The van der Waals surface area contributed by atoms with Crippen molar-refractivity contribution >= 4 is 11.6 Å². The Morgan fingerprint density at radius 3 is 2.19 bits per heavy atom. The van der Waals surface area contributed by atoms with Crippen molar-refractivity contribution in [2.45, 2.75) is 86.4 Å². The van der Waals surface area contributed by atoms with E-state index in [0.717, 1.165) is 35.4 Å². The van der Waals surface area contributed by atoms with Crippen LogP contribution in [0.3, 0.4) is 0 Å². The van der Waals surface area contributed by atoms with Gasteiger partial charge < -0.3 is 14.8 Å². The van der Waals surface area contributed by atoms with Gasteiger partial charge in [0, 0.05) is 12.3 Å². The van der Waals surface area contributed by atoms with E-state index in [1.807, 2.05) is 32.9 Å². The van der Waals surface area contributed by atoms with Gasteiger partial charge in [-0.2, -0.15) is 0 Å². The molecule has 1 N–H and O–H groups in total. The van der Waals surface area contributed by atoms with Crippen LogP contribution in [0.4, 0.5) is 5.69 Å². The van der Waals surface area contributed by atoms with Crippen molar-refractivity contribution in [3.05, 3.63) is 23.3 Å². The molecule has 0 bridgehead atoms. The summed E-state index contributed by atoms with van der Waals surface area (Å²) in [6.45, 7) is 16.9. The van der Waals surface area contributed by atoms with Crippen LogP contribution in [0.1, 0.15) is 71.9 Å². The van der Waals surface area contributed by atoms with Crippen molar-refractivity contribution in [1.82, 2.24) is 0 Å². The second-order valence-corrected chi connectivity index (χ2v) is 7.91. The fraction of sp³-hybridized carbons (Fsp3) is 0.682. The minimum absolute atomic E-state index is 0.0888. The fourth-order valence-electron chi connectivity index (χ4n) is 3.08. The van der Waals surface area contributed by atoms with Crippen LogP contribution in [0.15, 0.2) is 12.1 Å². The summed E-state index contributed by atoms with van der Waals surface area (Å²) in [6, 6.07) is 3.94. The quantitative estimate of drug-likeness (QED) is 0.584. The average Bonchev–Trinajstić information content (AvgIpc) is 2.55. The highest BCUT2D eigenvalue weighted by molar-refractivity contribution is 5.97. The lowest BCUT2D eigenvalue weighted by molar-refractivity contribution is -0.141. The van der Waals surface area contributed by atoms with Gasteiger partial charge in [0.1, 0.15) is 11.4 Å². The number of ether oxygens (including phenoxy) is 2. The van der Waals surface area contributed by atoms with Gasteiger partial charge in [0.25, 0.3) is 5.91 Å². The van der Waals surface area contributed by atoms with Gasteiger partial charge in [0.2, 0.25) is 0 Å². The van der Waals surface area contributed by atoms with Crippen LogP contribution >= 0.6 is 0 Å². The fourth-order valence-corrected chi connectivity index (χ4v) is 3.08. The molecule has 1 aromatic carbocycles. The van der Waals surface area contributed by atoms with Gasteiger partial charge in [-0.25, -0.2) is 0 Å². The highest BCUT2D eigenvalue weighted by atomic mass is 16.5. The Balaban J connectivity index is 2.99. The van der Waals surface area contributed by atoms with E-state index in [9.17, 15) is 4.79 Å². The van der Waals surface area contributed by atoms with Gasteiger partial charge in [-0.1, -0.05) is 27.7 Å². The number of benzene rings is 1. The number of carbonyl (C=O) groups is 1. The number of aryl methyl sites for hydroxylation is 2. The van der Waals surface area contributed by atoms with Crippen LogP contribution in [0.2, 0.25) is 0 Å². The molecule has 0 saturated heterocycles. The maximum Gasteiger partial charge on any atom is 0.256 e. The monoisotopic (exact) mass is 363 g/mol. The standard InChI is InChI=1S/C22H37NO3/c1-9-11-25-22(8,14-15(3)4)21(24)23-19-12-16(5)20(17(6)13-19)26-18(7)10-2/h12-13,15,18H,9-11,14H2,1-8H3,(H,23,24)/t18-,22-/m1/s1. The summed E-state index contributed by atoms with van der Waals surface area (Å²) in [7, 11) is 0. The molecule has 148 valence electrons. The summed E-state index contributed by atoms with van der Waals surface area (Å²) in [4.78, 5) is 12.9. The zero-order valence-corrected chi connectivity index (χ0v) is 17.9. The minimum atomic E-state index is -0.822. The highest BCUT2D eigenvalue weighted by Gasteiger charge is 2.35. The van der Waals surface area contributed by atoms with Gasteiger partial charge in [-0.3, -0.25) is 4.79 Å². The van der Waals surface area contributed by atoms with Crippen LogP contribution in [0.25, 0.3) is 0 Å². The molecule has 0 aliphatic carbocycles. The first-order valence-corrected chi connectivity index (χ1v) is 9.86. The Labute approximate surface area is 159 Å². The molecular weight excluding hydrogens is 326 g/mol. The third-order valence-electron chi connectivity index (χ3n) is 4.51. The number of carbonyl (C=O) groups excluding carboxylic acids is 1. The van der Waals surface area contributed by atoms with E-state index in [4.69, 9.17) is 9.47 Å². The largest absolute Gasteiger partial charge is 0.490 e. The molecule has 4 nitrogen and oxygen atoms in total. The first kappa shape index (κ1) is 22.5. The van der Waals surface area contributed by atoms with Gasteiger partial charge in [0.15, 0.2) is 0 Å². The van der Waals surface area contributed by atoms with E-state index in [1.165, 1.54) is 0 Å². The number of amides is 1. The van der Waals surface area contributed by atoms with Gasteiger partial charge in [0.05, 0.1) is 6.10 Å². The summed E-state index contributed by atoms with van der Waals surface area (Å²) in [5.74, 6) is 1.19. The lowest BCUT2D eigenvalue weighted by Crippen LogP contribution is -2.44. The van der Waals surface area contributed by atoms with Gasteiger partial charge in [-0.05, 0) is 76.1 Å². The molecule has 1 aromatic rings. The highest BCUT2D eigenvalue weighted by Crippen LogP contribution is 2.30. The molecule has 0 spiro atoms. The molecule has 0 radical (unpaired) electrons. The molecule has 0 aromatic heterocycles. The summed E-state index contributed by atoms with van der Waals surface area (Å²) in [5, 5.41) is 3.05. The maximum absolute atomic E-state index is 12.9. The molecule has 1 amide bonds. The summed E-state index contributed by atoms with van der Waals surface area (Å²) in [6.07, 6.45) is 2.71. The van der Waals surface area contributed by atoms with E-state index in [-0.39, 0.29) is 12.0 Å². The van der Waals surface area contributed by atoms with E-state index in [2.05, 4.69) is 39.9 Å². The number of hydrogen-bond donors (Lipinski definition) is 1. The molecule has 1 rings (SSSR count). The number of hydrogen-bond acceptors (Lipinski definition) is 3. The first-order chi connectivity index (χ1) is 12.1. The van der Waals surface area contributed by atoms with Crippen LogP contribution in [0, 0.1) is 19.8 Å². The van der Waals surface area contributed by atoms with Crippen LogP contribution in [-0.4, -0.2) is 24.2 Å². The van der Waals surface area contributed by atoms with E-state index in [1.54, 1.807) is 0 Å². The second-order valence-electron chi connectivity index (χ2n) is 7.91. The summed E-state index contributed by atoms with van der Waals surface area (Å²) >= 11 is 0. The van der Waals surface area contributed by atoms with Crippen LogP contribution in [0.5, 0.6) is 5.75 Å². The van der Waals surface area contributed by atoms with Crippen molar-refractivity contribution in [1.29, 1.82) is 0 Å². The van der Waals surface area contributed by atoms with Crippen molar-refractivity contribution in [2.24, 2.45) is 5.92 Å². The third-order valence-corrected chi connectivity index (χ3v) is 4.51. The Hall–Kier alpha value is -1.55. The van der Waals surface area contributed by atoms with E-state index < -0.39 is 5.60 Å². The lowest BCUT2D eigenvalue weighted by Gasteiger charge is -2.30. The summed E-state index contributed by atoms with van der Waals surface area (Å²) in [5.41, 5.74) is 2.02.